The minimum atomic E-state index is -1.10. The number of carbonyl (C=O) groups is 2. The highest BCUT2D eigenvalue weighted by atomic mass is 16.6. The summed E-state index contributed by atoms with van der Waals surface area (Å²) in [6, 6.07) is 7.30. The van der Waals surface area contributed by atoms with Crippen LogP contribution >= 0.6 is 0 Å². The maximum absolute atomic E-state index is 11.8. The van der Waals surface area contributed by atoms with Crippen LogP contribution < -0.4 is 14.8 Å². The van der Waals surface area contributed by atoms with Gasteiger partial charge in [-0.05, 0) is 26.0 Å². The normalized spacial score (nSPS) is 17.7. The fraction of sp³-hybridized carbons (Fsp3) is 0.333. The number of hydrogen-bond donors (Lipinski definition) is 2. The minimum absolute atomic E-state index is 0.0265. The lowest BCUT2D eigenvalue weighted by atomic mass is 10.1. The van der Waals surface area contributed by atoms with Crippen molar-refractivity contribution in [2.45, 2.75) is 20.0 Å². The van der Waals surface area contributed by atoms with Crippen molar-refractivity contribution in [1.82, 2.24) is 5.32 Å². The number of nitrogens with one attached hydrogen (secondary N) is 1. The molecular formula is C15H17NO5. The summed E-state index contributed by atoms with van der Waals surface area (Å²) in [5.74, 6) is -0.207. The highest BCUT2D eigenvalue weighted by Crippen LogP contribution is 2.30. The number of aliphatic carboxylic acids is 1. The van der Waals surface area contributed by atoms with Crippen LogP contribution in [0.3, 0.4) is 0 Å². The topological polar surface area (TPSA) is 84.9 Å². The van der Waals surface area contributed by atoms with Crippen molar-refractivity contribution in [3.8, 4) is 11.5 Å². The Labute approximate surface area is 122 Å². The Kier molecular flexibility index (Phi) is 4.47. The summed E-state index contributed by atoms with van der Waals surface area (Å²) in [6.45, 7) is 3.45. The summed E-state index contributed by atoms with van der Waals surface area (Å²) in [5.41, 5.74) is 0.207. The molecule has 0 bridgehead atoms. The van der Waals surface area contributed by atoms with Gasteiger partial charge in [0.15, 0.2) is 11.5 Å². The Balaban J connectivity index is 1.92. The molecule has 0 aliphatic carbocycles. The molecule has 6 heteroatoms. The van der Waals surface area contributed by atoms with Crippen molar-refractivity contribution in [3.63, 3.8) is 0 Å². The van der Waals surface area contributed by atoms with Gasteiger partial charge in [0.05, 0.1) is 6.54 Å². The molecule has 1 aliphatic rings. The third kappa shape index (κ3) is 3.53. The lowest BCUT2D eigenvalue weighted by Gasteiger charge is -2.26. The van der Waals surface area contributed by atoms with Crippen molar-refractivity contribution < 1.29 is 24.2 Å². The molecule has 0 radical (unpaired) electrons. The van der Waals surface area contributed by atoms with Crippen LogP contribution in [0.1, 0.15) is 13.8 Å². The highest BCUT2D eigenvalue weighted by Gasteiger charge is 2.21. The molecule has 0 spiro atoms. The molecule has 1 atom stereocenters. The molecule has 0 saturated heterocycles. The Hall–Kier alpha value is -2.50. The van der Waals surface area contributed by atoms with Gasteiger partial charge in [-0.15, -0.1) is 0 Å². The molecule has 0 saturated carbocycles. The van der Waals surface area contributed by atoms with Crippen molar-refractivity contribution in [1.29, 1.82) is 0 Å². The van der Waals surface area contributed by atoms with Crippen LogP contribution in [-0.2, 0) is 9.59 Å². The number of hydrogen-bond acceptors (Lipinski definition) is 4. The number of para-hydroxylation sites is 2. The smallest absolute Gasteiger partial charge is 0.331 e. The Morgan fingerprint density at radius 3 is 2.57 bits per heavy atom. The van der Waals surface area contributed by atoms with E-state index in [2.05, 4.69) is 5.32 Å². The number of amides is 1. The molecule has 112 valence electrons. The first kappa shape index (κ1) is 14.9. The van der Waals surface area contributed by atoms with Crippen molar-refractivity contribution in [2.24, 2.45) is 0 Å². The summed E-state index contributed by atoms with van der Waals surface area (Å²) in [4.78, 5) is 22.7. The SMILES string of the molecule is CC(C(=O)O)=C(C)C(=O)NCC1COc2ccccc2O1. The van der Waals surface area contributed by atoms with Crippen molar-refractivity contribution >= 4 is 11.9 Å². The van der Waals surface area contributed by atoms with Gasteiger partial charge in [-0.25, -0.2) is 4.79 Å². The molecule has 1 amide bonds. The monoisotopic (exact) mass is 291 g/mol. The van der Waals surface area contributed by atoms with E-state index in [1.807, 2.05) is 18.2 Å². The number of carboxylic acid groups (broad SMARTS) is 1. The third-order valence-corrected chi connectivity index (χ3v) is 3.28. The number of carboxylic acids is 1. The van der Waals surface area contributed by atoms with Crippen LogP contribution in [0.25, 0.3) is 0 Å². The predicted molar refractivity (Wildman–Crippen MR) is 75.4 cm³/mol. The van der Waals surface area contributed by atoms with Gasteiger partial charge in [0.2, 0.25) is 5.91 Å². The second-order valence-electron chi connectivity index (χ2n) is 4.76. The molecular weight excluding hydrogens is 274 g/mol. The fourth-order valence-corrected chi connectivity index (χ4v) is 1.83. The molecule has 2 rings (SSSR count). The molecule has 21 heavy (non-hydrogen) atoms. The van der Waals surface area contributed by atoms with Gasteiger partial charge in [-0.2, -0.15) is 0 Å². The van der Waals surface area contributed by atoms with E-state index in [-0.39, 0.29) is 23.8 Å². The zero-order valence-corrected chi connectivity index (χ0v) is 11.9. The molecule has 6 nitrogen and oxygen atoms in total. The zero-order valence-electron chi connectivity index (χ0n) is 11.9. The van der Waals surface area contributed by atoms with Gasteiger partial charge in [0, 0.05) is 11.1 Å². The number of carbonyl (C=O) groups excluding carboxylic acids is 1. The number of rotatable bonds is 4. The van der Waals surface area contributed by atoms with Gasteiger partial charge < -0.3 is 19.9 Å². The predicted octanol–water partition coefficient (Wildman–Crippen LogP) is 1.36. The average molecular weight is 291 g/mol. The summed E-state index contributed by atoms with van der Waals surface area (Å²) in [6.07, 6.45) is -0.304. The molecule has 2 N–H and O–H groups in total. The largest absolute Gasteiger partial charge is 0.486 e. The van der Waals surface area contributed by atoms with Crippen LogP contribution in [0.4, 0.5) is 0 Å². The van der Waals surface area contributed by atoms with Crippen molar-refractivity contribution in [3.05, 3.63) is 35.4 Å². The van der Waals surface area contributed by atoms with E-state index >= 15 is 0 Å². The average Bonchev–Trinajstić information content (AvgIpc) is 2.50. The van der Waals surface area contributed by atoms with Gasteiger partial charge >= 0.3 is 5.97 Å². The van der Waals surface area contributed by atoms with Crippen LogP contribution in [0.2, 0.25) is 0 Å². The first-order valence-electron chi connectivity index (χ1n) is 6.56. The maximum Gasteiger partial charge on any atom is 0.331 e. The summed E-state index contributed by atoms with van der Waals surface area (Å²) >= 11 is 0. The van der Waals surface area contributed by atoms with Crippen LogP contribution in [0, 0.1) is 0 Å². The molecule has 0 aromatic heterocycles. The molecule has 1 heterocycles. The van der Waals surface area contributed by atoms with Gasteiger partial charge in [0.25, 0.3) is 0 Å². The van der Waals surface area contributed by atoms with Gasteiger partial charge in [-0.3, -0.25) is 4.79 Å². The Morgan fingerprint density at radius 2 is 1.90 bits per heavy atom. The quantitative estimate of drug-likeness (QED) is 0.818. The Bertz CT molecular complexity index is 593. The van der Waals surface area contributed by atoms with Crippen LogP contribution in [0.5, 0.6) is 11.5 Å². The number of ether oxygens (including phenoxy) is 2. The molecule has 1 aromatic rings. The standard InChI is InChI=1S/C15H17NO5/c1-9(10(2)15(18)19)14(17)16-7-11-8-20-12-5-3-4-6-13(12)21-11/h3-6,11H,7-8H2,1-2H3,(H,16,17)(H,18,19). The van der Waals surface area contributed by atoms with E-state index in [1.165, 1.54) is 13.8 Å². The van der Waals surface area contributed by atoms with E-state index in [0.29, 0.717) is 18.1 Å². The number of benzene rings is 1. The summed E-state index contributed by atoms with van der Waals surface area (Å²) in [5, 5.41) is 11.5. The minimum Gasteiger partial charge on any atom is -0.486 e. The molecule has 1 aromatic carbocycles. The van der Waals surface area contributed by atoms with Gasteiger partial charge in [0.1, 0.15) is 12.7 Å². The second kappa shape index (κ2) is 6.30. The molecule has 0 fully saturated rings. The Morgan fingerprint density at radius 1 is 1.24 bits per heavy atom. The zero-order chi connectivity index (χ0) is 15.4. The highest BCUT2D eigenvalue weighted by molar-refractivity contribution is 6.01. The van der Waals surface area contributed by atoms with E-state index in [9.17, 15) is 9.59 Å². The lowest BCUT2D eigenvalue weighted by Crippen LogP contribution is -2.41. The molecule has 1 aliphatic heterocycles. The van der Waals surface area contributed by atoms with E-state index in [4.69, 9.17) is 14.6 Å². The third-order valence-electron chi connectivity index (χ3n) is 3.28. The lowest BCUT2D eigenvalue weighted by molar-refractivity contribution is -0.133. The van der Waals surface area contributed by atoms with E-state index in [1.54, 1.807) is 6.07 Å². The van der Waals surface area contributed by atoms with Crippen molar-refractivity contribution in [2.75, 3.05) is 13.2 Å². The second-order valence-corrected chi connectivity index (χ2v) is 4.76. The molecule has 1 unspecified atom stereocenters. The first-order valence-corrected chi connectivity index (χ1v) is 6.56. The first-order chi connectivity index (χ1) is 9.99. The van der Waals surface area contributed by atoms with Crippen LogP contribution in [-0.4, -0.2) is 36.2 Å². The maximum atomic E-state index is 11.8. The van der Waals surface area contributed by atoms with Crippen LogP contribution in [0.15, 0.2) is 35.4 Å². The number of fused-ring (bicyclic) bond motifs is 1. The fourth-order valence-electron chi connectivity index (χ4n) is 1.83. The summed E-state index contributed by atoms with van der Waals surface area (Å²) < 4.78 is 11.2. The van der Waals surface area contributed by atoms with E-state index < -0.39 is 11.9 Å². The van der Waals surface area contributed by atoms with E-state index in [0.717, 1.165) is 0 Å². The van der Waals surface area contributed by atoms with Gasteiger partial charge in [-0.1, -0.05) is 12.1 Å². The summed E-state index contributed by atoms with van der Waals surface area (Å²) in [7, 11) is 0.